The van der Waals surface area contributed by atoms with E-state index in [-0.39, 0.29) is 29.8 Å². The Morgan fingerprint density at radius 1 is 1.35 bits per heavy atom. The van der Waals surface area contributed by atoms with Crippen LogP contribution in [0, 0.1) is 5.92 Å². The van der Waals surface area contributed by atoms with Crippen molar-refractivity contribution in [2.45, 2.75) is 24.2 Å². The molecular weight excluding hydrogens is 374 g/mol. The Bertz CT molecular complexity index is 701. The number of hydrogen-bond donors (Lipinski definition) is 2. The molecule has 1 aromatic carbocycles. The van der Waals surface area contributed by atoms with Crippen molar-refractivity contribution in [2.24, 2.45) is 5.92 Å². The fourth-order valence-corrected chi connectivity index (χ4v) is 4.05. The van der Waals surface area contributed by atoms with Crippen LogP contribution in [0.3, 0.4) is 0 Å². The van der Waals surface area contributed by atoms with Gasteiger partial charge in [-0.15, -0.1) is 19.0 Å². The molecule has 1 amide bonds. The summed E-state index contributed by atoms with van der Waals surface area (Å²) in [6.07, 6.45) is 4.59. The number of rotatable bonds is 8. The lowest BCUT2D eigenvalue weighted by Crippen LogP contribution is -2.39. The quantitative estimate of drug-likeness (QED) is 0.653. The molecule has 0 unspecified atom stereocenters. The molecular formula is C18H28ClN3O3S. The van der Waals surface area contributed by atoms with E-state index in [0.29, 0.717) is 11.5 Å². The highest BCUT2D eigenvalue weighted by Crippen LogP contribution is 2.22. The van der Waals surface area contributed by atoms with Crippen LogP contribution in [0.5, 0.6) is 0 Å². The Morgan fingerprint density at radius 3 is 2.65 bits per heavy atom. The first-order valence-electron chi connectivity index (χ1n) is 8.62. The lowest BCUT2D eigenvalue weighted by Gasteiger charge is -2.32. The van der Waals surface area contributed by atoms with Crippen molar-refractivity contribution in [3.8, 4) is 0 Å². The predicted molar refractivity (Wildman–Crippen MR) is 106 cm³/mol. The van der Waals surface area contributed by atoms with E-state index in [4.69, 9.17) is 0 Å². The molecule has 1 aromatic rings. The standard InChI is InChI=1S/C18H27N3O3S.ClH/c1-3-10-20-25(23,24)17-6-4-5-16(14-17)18(22)21-12-8-15(9-13-21)7-11-19-2;/h3-6,14-15,19-20H,1,7-13H2,2H3;1H. The third-order valence-corrected chi connectivity index (χ3v) is 5.93. The highest BCUT2D eigenvalue weighted by molar-refractivity contribution is 7.89. The molecule has 0 atom stereocenters. The third-order valence-electron chi connectivity index (χ3n) is 4.51. The molecule has 0 spiro atoms. The average Bonchev–Trinajstić information content (AvgIpc) is 2.64. The minimum atomic E-state index is -3.63. The first-order chi connectivity index (χ1) is 12.0. The number of sulfonamides is 1. The molecule has 0 radical (unpaired) electrons. The summed E-state index contributed by atoms with van der Waals surface area (Å²) in [5.41, 5.74) is 0.412. The Labute approximate surface area is 162 Å². The zero-order valence-corrected chi connectivity index (χ0v) is 16.7. The number of carbonyl (C=O) groups is 1. The number of likely N-dealkylation sites (tertiary alicyclic amines) is 1. The maximum atomic E-state index is 12.7. The lowest BCUT2D eigenvalue weighted by atomic mass is 9.93. The molecule has 26 heavy (non-hydrogen) atoms. The molecule has 2 N–H and O–H groups in total. The van der Waals surface area contributed by atoms with Crippen LogP contribution in [-0.4, -0.2) is 52.5 Å². The highest BCUT2D eigenvalue weighted by atomic mass is 35.5. The van der Waals surface area contributed by atoms with E-state index in [1.54, 1.807) is 12.1 Å². The van der Waals surface area contributed by atoms with Crippen LogP contribution in [0.4, 0.5) is 0 Å². The maximum absolute atomic E-state index is 12.7. The summed E-state index contributed by atoms with van der Waals surface area (Å²) in [4.78, 5) is 14.6. The minimum Gasteiger partial charge on any atom is -0.339 e. The van der Waals surface area contributed by atoms with Gasteiger partial charge in [-0.3, -0.25) is 4.79 Å². The fraction of sp³-hybridized carbons (Fsp3) is 0.500. The molecule has 0 aromatic heterocycles. The summed E-state index contributed by atoms with van der Waals surface area (Å²) < 4.78 is 26.8. The maximum Gasteiger partial charge on any atom is 0.253 e. The average molecular weight is 402 g/mol. The molecule has 1 aliphatic rings. The second-order valence-electron chi connectivity index (χ2n) is 6.30. The molecule has 146 valence electrons. The molecule has 0 saturated carbocycles. The van der Waals surface area contributed by atoms with E-state index in [2.05, 4.69) is 16.6 Å². The van der Waals surface area contributed by atoms with Gasteiger partial charge in [0, 0.05) is 25.2 Å². The van der Waals surface area contributed by atoms with Gasteiger partial charge in [-0.25, -0.2) is 13.1 Å². The summed E-state index contributed by atoms with van der Waals surface area (Å²) in [6, 6.07) is 6.21. The van der Waals surface area contributed by atoms with Crippen molar-refractivity contribution in [3.63, 3.8) is 0 Å². The lowest BCUT2D eigenvalue weighted by molar-refractivity contribution is 0.0687. The Morgan fingerprint density at radius 2 is 2.04 bits per heavy atom. The zero-order valence-electron chi connectivity index (χ0n) is 15.1. The number of amides is 1. The van der Waals surface area contributed by atoms with E-state index >= 15 is 0 Å². The normalized spacial score (nSPS) is 15.3. The molecule has 1 heterocycles. The van der Waals surface area contributed by atoms with Gasteiger partial charge >= 0.3 is 0 Å². The van der Waals surface area contributed by atoms with Gasteiger partial charge in [0.25, 0.3) is 5.91 Å². The number of nitrogens with one attached hydrogen (secondary N) is 2. The van der Waals surface area contributed by atoms with Crippen LogP contribution >= 0.6 is 12.4 Å². The van der Waals surface area contributed by atoms with Gasteiger partial charge in [0.2, 0.25) is 10.0 Å². The van der Waals surface area contributed by atoms with Crippen LogP contribution < -0.4 is 10.0 Å². The van der Waals surface area contributed by atoms with E-state index < -0.39 is 10.0 Å². The number of halogens is 1. The van der Waals surface area contributed by atoms with Crippen LogP contribution in [0.15, 0.2) is 41.8 Å². The minimum absolute atomic E-state index is 0. The number of hydrogen-bond acceptors (Lipinski definition) is 4. The van der Waals surface area contributed by atoms with Crippen molar-refractivity contribution < 1.29 is 13.2 Å². The molecule has 8 heteroatoms. The van der Waals surface area contributed by atoms with Gasteiger partial charge in [-0.05, 0) is 57.0 Å². The van der Waals surface area contributed by atoms with E-state index in [9.17, 15) is 13.2 Å². The van der Waals surface area contributed by atoms with E-state index in [0.717, 1.165) is 38.9 Å². The molecule has 2 rings (SSSR count). The molecule has 1 fully saturated rings. The molecule has 1 aliphatic heterocycles. The fourth-order valence-electron chi connectivity index (χ4n) is 3.00. The first kappa shape index (κ1) is 22.6. The number of benzene rings is 1. The van der Waals surface area contributed by atoms with Gasteiger partial charge in [0.05, 0.1) is 4.90 Å². The van der Waals surface area contributed by atoms with Gasteiger partial charge < -0.3 is 10.2 Å². The molecule has 0 aliphatic carbocycles. The topological polar surface area (TPSA) is 78.5 Å². The molecule has 0 bridgehead atoms. The Hall–Kier alpha value is -1.41. The Balaban J connectivity index is 0.00000338. The monoisotopic (exact) mass is 401 g/mol. The van der Waals surface area contributed by atoms with Crippen molar-refractivity contribution in [2.75, 3.05) is 33.2 Å². The predicted octanol–water partition coefficient (Wildman–Crippen LogP) is 2.03. The molecule has 6 nitrogen and oxygen atoms in total. The summed E-state index contributed by atoms with van der Waals surface area (Å²) in [5, 5.41) is 3.16. The summed E-state index contributed by atoms with van der Waals surface area (Å²) in [5.74, 6) is 0.541. The highest BCUT2D eigenvalue weighted by Gasteiger charge is 2.24. The first-order valence-corrected chi connectivity index (χ1v) is 10.1. The smallest absolute Gasteiger partial charge is 0.253 e. The van der Waals surface area contributed by atoms with Crippen molar-refractivity contribution in [1.29, 1.82) is 0 Å². The largest absolute Gasteiger partial charge is 0.339 e. The van der Waals surface area contributed by atoms with Crippen LogP contribution in [0.25, 0.3) is 0 Å². The van der Waals surface area contributed by atoms with E-state index in [1.807, 2.05) is 11.9 Å². The third kappa shape index (κ3) is 6.09. The number of carbonyl (C=O) groups excluding carboxylic acids is 1. The summed E-state index contributed by atoms with van der Waals surface area (Å²) >= 11 is 0. The van der Waals surface area contributed by atoms with Gasteiger partial charge in [0.15, 0.2) is 0 Å². The number of piperidine rings is 1. The molecule has 1 saturated heterocycles. The van der Waals surface area contributed by atoms with E-state index in [1.165, 1.54) is 18.2 Å². The number of nitrogens with zero attached hydrogens (tertiary/aromatic N) is 1. The van der Waals surface area contributed by atoms with Crippen molar-refractivity contribution >= 4 is 28.3 Å². The van der Waals surface area contributed by atoms with Crippen molar-refractivity contribution in [1.82, 2.24) is 14.9 Å². The van der Waals surface area contributed by atoms with Gasteiger partial charge in [0.1, 0.15) is 0 Å². The van der Waals surface area contributed by atoms with Gasteiger partial charge in [-0.2, -0.15) is 0 Å². The SMILES string of the molecule is C=CCNS(=O)(=O)c1cccc(C(=O)N2CCC(CCNC)CC2)c1.Cl. The second-order valence-corrected chi connectivity index (χ2v) is 8.06. The van der Waals surface area contributed by atoms with Crippen LogP contribution in [-0.2, 0) is 10.0 Å². The van der Waals surface area contributed by atoms with Crippen LogP contribution in [0.2, 0.25) is 0 Å². The summed E-state index contributed by atoms with van der Waals surface area (Å²) in [7, 11) is -1.68. The van der Waals surface area contributed by atoms with Crippen LogP contribution in [0.1, 0.15) is 29.6 Å². The second kappa shape index (κ2) is 10.7. The zero-order chi connectivity index (χ0) is 18.3. The summed E-state index contributed by atoms with van der Waals surface area (Å²) in [6.45, 7) is 6.09. The Kier molecular flexibility index (Phi) is 9.29. The van der Waals surface area contributed by atoms with Crippen molar-refractivity contribution in [3.05, 3.63) is 42.5 Å². The van der Waals surface area contributed by atoms with Gasteiger partial charge in [-0.1, -0.05) is 12.1 Å².